The standard InChI is InChI=1S/C19H21N5O/c1-12-10-16(13-6-8-20-9-7-13)24-17(22-12)15(11-21-24)18(25)23-19(2,3)14-4-5-14/h6-11,14H,4-5H2,1-3H3,(H,23,25). The smallest absolute Gasteiger partial charge is 0.257 e. The summed E-state index contributed by atoms with van der Waals surface area (Å²) in [4.78, 5) is 21.4. The Morgan fingerprint density at radius 2 is 2.00 bits per heavy atom. The molecule has 3 aromatic heterocycles. The molecule has 1 aliphatic rings. The molecule has 0 spiro atoms. The summed E-state index contributed by atoms with van der Waals surface area (Å²) in [6.07, 6.45) is 7.43. The third kappa shape index (κ3) is 2.88. The summed E-state index contributed by atoms with van der Waals surface area (Å²) in [5.41, 5.74) is 3.60. The Morgan fingerprint density at radius 1 is 1.28 bits per heavy atom. The molecule has 1 amide bonds. The summed E-state index contributed by atoms with van der Waals surface area (Å²) in [5, 5.41) is 7.57. The maximum atomic E-state index is 12.8. The van der Waals surface area contributed by atoms with Crippen LogP contribution >= 0.6 is 0 Å². The lowest BCUT2D eigenvalue weighted by atomic mass is 9.98. The van der Waals surface area contributed by atoms with E-state index < -0.39 is 0 Å². The Kier molecular flexibility index (Phi) is 3.56. The zero-order chi connectivity index (χ0) is 17.6. The van der Waals surface area contributed by atoms with Crippen LogP contribution in [-0.4, -0.2) is 31.0 Å². The van der Waals surface area contributed by atoms with Crippen molar-refractivity contribution in [3.8, 4) is 11.3 Å². The third-order valence-corrected chi connectivity index (χ3v) is 4.85. The number of nitrogens with zero attached hydrogens (tertiary/aromatic N) is 4. The summed E-state index contributed by atoms with van der Waals surface area (Å²) in [6.45, 7) is 6.08. The van der Waals surface area contributed by atoms with Gasteiger partial charge in [-0.05, 0) is 57.7 Å². The van der Waals surface area contributed by atoms with Crippen molar-refractivity contribution in [1.82, 2.24) is 24.9 Å². The number of hydrogen-bond acceptors (Lipinski definition) is 4. The molecule has 1 N–H and O–H groups in total. The summed E-state index contributed by atoms with van der Waals surface area (Å²) < 4.78 is 1.72. The van der Waals surface area contributed by atoms with Crippen molar-refractivity contribution in [2.45, 2.75) is 39.2 Å². The van der Waals surface area contributed by atoms with Crippen LogP contribution in [0.25, 0.3) is 16.9 Å². The van der Waals surface area contributed by atoms with Crippen molar-refractivity contribution < 1.29 is 4.79 Å². The number of fused-ring (bicyclic) bond motifs is 1. The van der Waals surface area contributed by atoms with Crippen LogP contribution in [0.15, 0.2) is 36.8 Å². The van der Waals surface area contributed by atoms with Gasteiger partial charge in [0, 0.05) is 29.2 Å². The van der Waals surface area contributed by atoms with Gasteiger partial charge < -0.3 is 5.32 Å². The fourth-order valence-corrected chi connectivity index (χ4v) is 3.24. The molecule has 3 aromatic rings. The SMILES string of the molecule is Cc1cc(-c2ccncc2)n2ncc(C(=O)NC(C)(C)C3CC3)c2n1. The second-order valence-corrected chi connectivity index (χ2v) is 7.26. The fraction of sp³-hybridized carbons (Fsp3) is 0.368. The molecule has 4 rings (SSSR count). The lowest BCUT2D eigenvalue weighted by Gasteiger charge is -2.25. The zero-order valence-electron chi connectivity index (χ0n) is 14.7. The summed E-state index contributed by atoms with van der Waals surface area (Å²) in [6, 6.07) is 5.81. The molecule has 6 heteroatoms. The van der Waals surface area contributed by atoms with Crippen molar-refractivity contribution in [3.05, 3.63) is 48.0 Å². The normalized spacial score (nSPS) is 14.7. The van der Waals surface area contributed by atoms with Gasteiger partial charge in [-0.2, -0.15) is 5.10 Å². The van der Waals surface area contributed by atoms with E-state index in [-0.39, 0.29) is 11.4 Å². The maximum absolute atomic E-state index is 12.8. The van der Waals surface area contributed by atoms with Gasteiger partial charge in [-0.25, -0.2) is 9.50 Å². The second-order valence-electron chi connectivity index (χ2n) is 7.26. The molecule has 1 fully saturated rings. The van der Waals surface area contributed by atoms with E-state index in [1.54, 1.807) is 23.1 Å². The Bertz CT molecular complexity index is 941. The lowest BCUT2D eigenvalue weighted by molar-refractivity contribution is 0.0905. The van der Waals surface area contributed by atoms with E-state index in [4.69, 9.17) is 0 Å². The van der Waals surface area contributed by atoms with Crippen LogP contribution in [0.3, 0.4) is 0 Å². The van der Waals surface area contributed by atoms with Gasteiger partial charge in [0.25, 0.3) is 5.91 Å². The van der Waals surface area contributed by atoms with E-state index in [2.05, 4.69) is 34.2 Å². The van der Waals surface area contributed by atoms with E-state index in [0.717, 1.165) is 17.0 Å². The van der Waals surface area contributed by atoms with Crippen LogP contribution in [0.4, 0.5) is 0 Å². The van der Waals surface area contributed by atoms with Gasteiger partial charge in [0.1, 0.15) is 5.56 Å². The first-order chi connectivity index (χ1) is 12.0. The highest BCUT2D eigenvalue weighted by atomic mass is 16.1. The third-order valence-electron chi connectivity index (χ3n) is 4.85. The van der Waals surface area contributed by atoms with Crippen molar-refractivity contribution in [1.29, 1.82) is 0 Å². The number of nitrogens with one attached hydrogen (secondary N) is 1. The molecule has 0 unspecified atom stereocenters. The molecule has 3 heterocycles. The molecule has 0 radical (unpaired) electrons. The van der Waals surface area contributed by atoms with Crippen LogP contribution in [0.1, 0.15) is 42.7 Å². The van der Waals surface area contributed by atoms with Crippen LogP contribution in [0.5, 0.6) is 0 Å². The number of carbonyl (C=O) groups excluding carboxylic acids is 1. The molecule has 6 nitrogen and oxygen atoms in total. The van der Waals surface area contributed by atoms with Crippen molar-refractivity contribution in [2.24, 2.45) is 5.92 Å². The topological polar surface area (TPSA) is 72.2 Å². The van der Waals surface area contributed by atoms with Crippen LogP contribution < -0.4 is 5.32 Å². The van der Waals surface area contributed by atoms with Gasteiger partial charge >= 0.3 is 0 Å². The van der Waals surface area contributed by atoms with Crippen molar-refractivity contribution in [3.63, 3.8) is 0 Å². The van der Waals surface area contributed by atoms with Gasteiger partial charge in [0.05, 0.1) is 11.9 Å². The number of carbonyl (C=O) groups is 1. The van der Waals surface area contributed by atoms with E-state index in [0.29, 0.717) is 17.1 Å². The number of rotatable bonds is 4. The van der Waals surface area contributed by atoms with Gasteiger partial charge in [0.15, 0.2) is 5.65 Å². The molecule has 0 saturated heterocycles. The number of amides is 1. The molecule has 1 aliphatic carbocycles. The van der Waals surface area contributed by atoms with Crippen molar-refractivity contribution in [2.75, 3.05) is 0 Å². The van der Waals surface area contributed by atoms with E-state index in [1.165, 1.54) is 12.8 Å². The maximum Gasteiger partial charge on any atom is 0.257 e. The molecular formula is C19H21N5O. The molecule has 25 heavy (non-hydrogen) atoms. The highest BCUT2D eigenvalue weighted by Crippen LogP contribution is 2.39. The Balaban J connectivity index is 1.77. The van der Waals surface area contributed by atoms with Gasteiger partial charge in [0.2, 0.25) is 0 Å². The molecule has 0 aliphatic heterocycles. The first kappa shape index (κ1) is 15.7. The zero-order valence-corrected chi connectivity index (χ0v) is 14.7. The highest BCUT2D eigenvalue weighted by molar-refractivity contribution is 6.00. The van der Waals surface area contributed by atoms with E-state index in [1.807, 2.05) is 25.1 Å². The first-order valence-corrected chi connectivity index (χ1v) is 8.54. The summed E-state index contributed by atoms with van der Waals surface area (Å²) in [5.74, 6) is 0.436. The summed E-state index contributed by atoms with van der Waals surface area (Å²) >= 11 is 0. The first-order valence-electron chi connectivity index (χ1n) is 8.54. The monoisotopic (exact) mass is 335 g/mol. The van der Waals surface area contributed by atoms with E-state index in [9.17, 15) is 4.79 Å². The minimum Gasteiger partial charge on any atom is -0.347 e. The second kappa shape index (κ2) is 5.65. The predicted octanol–water partition coefficient (Wildman–Crippen LogP) is 3.02. The molecular weight excluding hydrogens is 314 g/mol. The Morgan fingerprint density at radius 3 is 2.68 bits per heavy atom. The van der Waals surface area contributed by atoms with Gasteiger partial charge in [-0.3, -0.25) is 9.78 Å². The average molecular weight is 335 g/mol. The molecule has 0 aromatic carbocycles. The van der Waals surface area contributed by atoms with Gasteiger partial charge in [-0.1, -0.05) is 0 Å². The number of aryl methyl sites for hydroxylation is 1. The minimum absolute atomic E-state index is 0.120. The Labute approximate surface area is 146 Å². The van der Waals surface area contributed by atoms with Crippen LogP contribution in [0.2, 0.25) is 0 Å². The van der Waals surface area contributed by atoms with Crippen LogP contribution in [-0.2, 0) is 0 Å². The van der Waals surface area contributed by atoms with Gasteiger partial charge in [-0.15, -0.1) is 0 Å². The molecule has 128 valence electrons. The fourth-order valence-electron chi connectivity index (χ4n) is 3.24. The highest BCUT2D eigenvalue weighted by Gasteiger charge is 2.39. The van der Waals surface area contributed by atoms with Crippen LogP contribution in [0, 0.1) is 12.8 Å². The quantitative estimate of drug-likeness (QED) is 0.795. The number of pyridine rings is 1. The Hall–Kier alpha value is -2.76. The average Bonchev–Trinajstić information content (AvgIpc) is 3.36. The lowest BCUT2D eigenvalue weighted by Crippen LogP contribution is -2.45. The minimum atomic E-state index is -0.205. The number of hydrogen-bond donors (Lipinski definition) is 1. The molecule has 0 atom stereocenters. The molecule has 1 saturated carbocycles. The van der Waals surface area contributed by atoms with E-state index >= 15 is 0 Å². The summed E-state index contributed by atoms with van der Waals surface area (Å²) in [7, 11) is 0. The number of aromatic nitrogens is 4. The molecule has 0 bridgehead atoms. The van der Waals surface area contributed by atoms with Crippen molar-refractivity contribution >= 4 is 11.6 Å². The largest absolute Gasteiger partial charge is 0.347 e. The predicted molar refractivity (Wildman–Crippen MR) is 95.2 cm³/mol.